The predicted molar refractivity (Wildman–Crippen MR) is 60.0 cm³/mol. The summed E-state index contributed by atoms with van der Waals surface area (Å²) < 4.78 is 18.8. The van der Waals surface area contributed by atoms with Gasteiger partial charge in [-0.15, -0.1) is 11.8 Å². The van der Waals surface area contributed by atoms with Crippen LogP contribution in [0.15, 0.2) is 22.7 Å². The summed E-state index contributed by atoms with van der Waals surface area (Å²) in [6.07, 6.45) is 0. The zero-order valence-corrected chi connectivity index (χ0v) is 9.91. The van der Waals surface area contributed by atoms with Crippen LogP contribution in [-0.4, -0.2) is 18.5 Å². The smallest absolute Gasteiger partial charge is 0.137 e. The number of hydrogen-bond acceptors (Lipinski definition) is 2. The summed E-state index contributed by atoms with van der Waals surface area (Å²) in [6.45, 7) is 1.66. The SMILES string of the molecule is Fc1cccc(CSC2COC2)c1Br. The first-order valence-electron chi connectivity index (χ1n) is 4.39. The van der Waals surface area contributed by atoms with Crippen molar-refractivity contribution in [3.8, 4) is 0 Å². The van der Waals surface area contributed by atoms with Gasteiger partial charge in [-0.1, -0.05) is 12.1 Å². The average molecular weight is 277 g/mol. The van der Waals surface area contributed by atoms with Gasteiger partial charge in [0.05, 0.1) is 22.9 Å². The molecule has 0 bridgehead atoms. The quantitative estimate of drug-likeness (QED) is 0.839. The van der Waals surface area contributed by atoms with Gasteiger partial charge in [-0.05, 0) is 27.6 Å². The number of thioether (sulfide) groups is 1. The molecule has 1 saturated heterocycles. The predicted octanol–water partition coefficient (Wildman–Crippen LogP) is 3.22. The van der Waals surface area contributed by atoms with Crippen molar-refractivity contribution in [1.82, 2.24) is 0 Å². The fourth-order valence-corrected chi connectivity index (χ4v) is 2.81. The molecule has 76 valence electrons. The molecule has 1 aliphatic heterocycles. The molecule has 0 saturated carbocycles. The van der Waals surface area contributed by atoms with Gasteiger partial charge < -0.3 is 4.74 Å². The van der Waals surface area contributed by atoms with Crippen molar-refractivity contribution in [2.75, 3.05) is 13.2 Å². The summed E-state index contributed by atoms with van der Waals surface area (Å²) in [5, 5.41) is 0.588. The number of hydrogen-bond donors (Lipinski definition) is 0. The fourth-order valence-electron chi connectivity index (χ4n) is 1.18. The lowest BCUT2D eigenvalue weighted by Crippen LogP contribution is -2.30. The lowest BCUT2D eigenvalue weighted by molar-refractivity contribution is 0.0455. The Labute approximate surface area is 95.2 Å². The Morgan fingerprint density at radius 2 is 2.29 bits per heavy atom. The first-order valence-corrected chi connectivity index (χ1v) is 6.24. The van der Waals surface area contributed by atoms with Gasteiger partial charge in [0.25, 0.3) is 0 Å². The summed E-state index contributed by atoms with van der Waals surface area (Å²) in [4.78, 5) is 0. The van der Waals surface area contributed by atoms with Gasteiger partial charge in [0.15, 0.2) is 0 Å². The third-order valence-electron chi connectivity index (χ3n) is 2.11. The molecule has 1 fully saturated rings. The standard InChI is InChI=1S/C10H10BrFOS/c11-10-7(2-1-3-9(10)12)6-14-8-4-13-5-8/h1-3,8H,4-6H2. The molecule has 0 aromatic heterocycles. The molecule has 1 aliphatic rings. The molecular weight excluding hydrogens is 267 g/mol. The molecule has 0 N–H and O–H groups in total. The van der Waals surface area contributed by atoms with Crippen LogP contribution in [0.3, 0.4) is 0 Å². The van der Waals surface area contributed by atoms with Crippen LogP contribution < -0.4 is 0 Å². The first kappa shape index (κ1) is 10.5. The average Bonchev–Trinajstić information content (AvgIpc) is 2.09. The molecule has 0 radical (unpaired) electrons. The third-order valence-corrected chi connectivity index (χ3v) is 4.22. The Kier molecular flexibility index (Phi) is 3.47. The van der Waals surface area contributed by atoms with E-state index >= 15 is 0 Å². The summed E-state index contributed by atoms with van der Waals surface area (Å²) in [5.41, 5.74) is 1.02. The summed E-state index contributed by atoms with van der Waals surface area (Å²) in [5.74, 6) is 0.653. The molecule has 0 amide bonds. The molecule has 0 spiro atoms. The number of ether oxygens (including phenoxy) is 1. The molecular formula is C10H10BrFOS. The van der Waals surface area contributed by atoms with E-state index in [1.165, 1.54) is 6.07 Å². The molecule has 2 rings (SSSR count). The summed E-state index contributed by atoms with van der Waals surface area (Å²) in [7, 11) is 0. The van der Waals surface area contributed by atoms with E-state index in [1.54, 1.807) is 6.07 Å². The van der Waals surface area contributed by atoms with E-state index in [2.05, 4.69) is 15.9 Å². The molecule has 0 unspecified atom stereocenters. The molecule has 1 aromatic rings. The fraction of sp³-hybridized carbons (Fsp3) is 0.400. The summed E-state index contributed by atoms with van der Waals surface area (Å²) in [6, 6.07) is 5.15. The van der Waals surface area contributed by atoms with Crippen molar-refractivity contribution >= 4 is 27.7 Å². The number of benzene rings is 1. The van der Waals surface area contributed by atoms with Crippen molar-refractivity contribution in [1.29, 1.82) is 0 Å². The number of halogens is 2. The van der Waals surface area contributed by atoms with Crippen LogP contribution in [0.25, 0.3) is 0 Å². The second-order valence-corrected chi connectivity index (χ2v) is 5.27. The Morgan fingerprint density at radius 3 is 2.93 bits per heavy atom. The van der Waals surface area contributed by atoms with Crippen LogP contribution in [-0.2, 0) is 10.5 Å². The molecule has 1 nitrogen and oxygen atoms in total. The minimum absolute atomic E-state index is 0.187. The maximum atomic E-state index is 13.1. The highest BCUT2D eigenvalue weighted by Gasteiger charge is 2.19. The highest BCUT2D eigenvalue weighted by molar-refractivity contribution is 9.10. The third kappa shape index (κ3) is 2.30. The minimum atomic E-state index is -0.187. The Morgan fingerprint density at radius 1 is 1.50 bits per heavy atom. The second-order valence-electron chi connectivity index (χ2n) is 3.18. The molecule has 14 heavy (non-hydrogen) atoms. The van der Waals surface area contributed by atoms with Crippen LogP contribution in [0.5, 0.6) is 0 Å². The van der Waals surface area contributed by atoms with E-state index in [-0.39, 0.29) is 5.82 Å². The van der Waals surface area contributed by atoms with Gasteiger partial charge >= 0.3 is 0 Å². The summed E-state index contributed by atoms with van der Waals surface area (Å²) >= 11 is 5.07. The van der Waals surface area contributed by atoms with Gasteiger partial charge in [0.2, 0.25) is 0 Å². The van der Waals surface area contributed by atoms with E-state index in [0.717, 1.165) is 24.5 Å². The van der Waals surface area contributed by atoms with Gasteiger partial charge in [-0.3, -0.25) is 0 Å². The topological polar surface area (TPSA) is 9.23 Å². The Hall–Kier alpha value is -0.0600. The van der Waals surface area contributed by atoms with E-state index in [9.17, 15) is 4.39 Å². The molecule has 4 heteroatoms. The second kappa shape index (κ2) is 4.64. The van der Waals surface area contributed by atoms with E-state index in [4.69, 9.17) is 4.74 Å². The molecule has 0 aliphatic carbocycles. The Balaban J connectivity index is 1.97. The maximum absolute atomic E-state index is 13.1. The largest absolute Gasteiger partial charge is 0.379 e. The van der Waals surface area contributed by atoms with Gasteiger partial charge in [0, 0.05) is 5.75 Å². The van der Waals surface area contributed by atoms with E-state index < -0.39 is 0 Å². The van der Waals surface area contributed by atoms with Crippen molar-refractivity contribution in [3.63, 3.8) is 0 Å². The monoisotopic (exact) mass is 276 g/mol. The molecule has 1 heterocycles. The van der Waals surface area contributed by atoms with Crippen LogP contribution in [0.4, 0.5) is 4.39 Å². The molecule has 1 aromatic carbocycles. The lowest BCUT2D eigenvalue weighted by atomic mass is 10.2. The minimum Gasteiger partial charge on any atom is -0.379 e. The maximum Gasteiger partial charge on any atom is 0.137 e. The van der Waals surface area contributed by atoms with E-state index in [0.29, 0.717) is 9.72 Å². The van der Waals surface area contributed by atoms with Crippen molar-refractivity contribution in [2.45, 2.75) is 11.0 Å². The number of rotatable bonds is 3. The van der Waals surface area contributed by atoms with Gasteiger partial charge in [0.1, 0.15) is 5.82 Å². The van der Waals surface area contributed by atoms with Gasteiger partial charge in [-0.2, -0.15) is 0 Å². The highest BCUT2D eigenvalue weighted by Crippen LogP contribution is 2.28. The van der Waals surface area contributed by atoms with Crippen LogP contribution in [0, 0.1) is 5.82 Å². The Bertz CT molecular complexity index is 328. The van der Waals surface area contributed by atoms with Crippen molar-refractivity contribution < 1.29 is 9.13 Å². The van der Waals surface area contributed by atoms with Crippen LogP contribution in [0.1, 0.15) is 5.56 Å². The van der Waals surface area contributed by atoms with E-state index in [1.807, 2.05) is 17.8 Å². The zero-order chi connectivity index (χ0) is 9.97. The zero-order valence-electron chi connectivity index (χ0n) is 7.50. The lowest BCUT2D eigenvalue weighted by Gasteiger charge is -2.25. The molecule has 0 atom stereocenters. The van der Waals surface area contributed by atoms with Gasteiger partial charge in [-0.25, -0.2) is 4.39 Å². The normalized spacial score (nSPS) is 16.7. The van der Waals surface area contributed by atoms with Crippen molar-refractivity contribution in [2.24, 2.45) is 0 Å². The van der Waals surface area contributed by atoms with Crippen molar-refractivity contribution in [3.05, 3.63) is 34.1 Å². The highest BCUT2D eigenvalue weighted by atomic mass is 79.9. The first-order chi connectivity index (χ1) is 6.77. The van der Waals surface area contributed by atoms with Crippen LogP contribution in [0.2, 0.25) is 0 Å². The van der Waals surface area contributed by atoms with Crippen LogP contribution >= 0.6 is 27.7 Å².